The standard InChI is InChI=1S/C15H16O2Se/c1-2-3-9-14(16)12-10-13(12)15(17)18-11-7-5-4-6-8-11/h2,4-8,12-13H,1,3,9-10H2/t12-,13-/m0/s1. The molecule has 2 nitrogen and oxygen atoms in total. The molecule has 0 saturated heterocycles. The van der Waals surface area contributed by atoms with Crippen molar-refractivity contribution in [1.82, 2.24) is 0 Å². The molecular weight excluding hydrogens is 291 g/mol. The topological polar surface area (TPSA) is 34.1 Å². The van der Waals surface area contributed by atoms with Crippen molar-refractivity contribution in [3.8, 4) is 0 Å². The van der Waals surface area contributed by atoms with E-state index in [1.54, 1.807) is 6.08 Å². The van der Waals surface area contributed by atoms with Gasteiger partial charge >= 0.3 is 114 Å². The first kappa shape index (κ1) is 13.3. The number of hydrogen-bond acceptors (Lipinski definition) is 2. The summed E-state index contributed by atoms with van der Waals surface area (Å²) in [5, 5.41) is 0. The maximum absolute atomic E-state index is 12.0. The summed E-state index contributed by atoms with van der Waals surface area (Å²) >= 11 is -0.139. The molecule has 1 aromatic carbocycles. The van der Waals surface area contributed by atoms with Crippen molar-refractivity contribution in [3.05, 3.63) is 43.0 Å². The number of carbonyl (C=O) groups is 2. The van der Waals surface area contributed by atoms with Gasteiger partial charge < -0.3 is 0 Å². The van der Waals surface area contributed by atoms with Crippen molar-refractivity contribution in [1.29, 1.82) is 0 Å². The summed E-state index contributed by atoms with van der Waals surface area (Å²) < 4.78 is 1.37. The zero-order chi connectivity index (χ0) is 13.0. The van der Waals surface area contributed by atoms with Crippen LogP contribution in [0.2, 0.25) is 0 Å². The molecule has 94 valence electrons. The van der Waals surface area contributed by atoms with E-state index >= 15 is 0 Å². The second kappa shape index (κ2) is 6.12. The summed E-state index contributed by atoms with van der Waals surface area (Å²) in [6.07, 6.45) is 3.78. The van der Waals surface area contributed by atoms with Crippen LogP contribution in [0.3, 0.4) is 0 Å². The summed E-state index contributed by atoms with van der Waals surface area (Å²) in [4.78, 5) is 23.8. The Bertz CT molecular complexity index is 453. The van der Waals surface area contributed by atoms with Crippen LogP contribution in [-0.2, 0) is 9.59 Å². The molecule has 0 bridgehead atoms. The summed E-state index contributed by atoms with van der Waals surface area (Å²) in [5.74, 6) is 0.239. The van der Waals surface area contributed by atoms with Gasteiger partial charge in [0, 0.05) is 0 Å². The number of carbonyl (C=O) groups excluding carboxylic acids is 2. The molecule has 0 spiro atoms. The zero-order valence-corrected chi connectivity index (χ0v) is 11.9. The summed E-state index contributed by atoms with van der Waals surface area (Å²) in [6.45, 7) is 3.61. The molecule has 2 atom stereocenters. The summed E-state index contributed by atoms with van der Waals surface area (Å²) in [7, 11) is 0. The Kier molecular flexibility index (Phi) is 4.51. The average molecular weight is 307 g/mol. The van der Waals surface area contributed by atoms with Crippen LogP contribution in [0.1, 0.15) is 19.3 Å². The Morgan fingerprint density at radius 3 is 2.67 bits per heavy atom. The van der Waals surface area contributed by atoms with Crippen molar-refractivity contribution >= 4 is 29.9 Å². The van der Waals surface area contributed by atoms with E-state index in [1.165, 1.54) is 0 Å². The fraction of sp³-hybridized carbons (Fsp3) is 0.333. The number of allylic oxidation sites excluding steroid dienone is 1. The van der Waals surface area contributed by atoms with Crippen molar-refractivity contribution in [2.75, 3.05) is 0 Å². The molecule has 0 aliphatic heterocycles. The molecule has 1 saturated carbocycles. The van der Waals surface area contributed by atoms with Crippen molar-refractivity contribution < 1.29 is 9.59 Å². The Morgan fingerprint density at radius 1 is 1.28 bits per heavy atom. The van der Waals surface area contributed by atoms with Crippen LogP contribution < -0.4 is 4.46 Å². The van der Waals surface area contributed by atoms with Gasteiger partial charge in [-0.15, -0.1) is 0 Å². The molecule has 1 aliphatic carbocycles. The molecule has 0 heterocycles. The first-order chi connectivity index (χ1) is 8.72. The maximum atomic E-state index is 12.0. The first-order valence-corrected chi connectivity index (χ1v) is 7.84. The zero-order valence-electron chi connectivity index (χ0n) is 10.2. The molecule has 0 radical (unpaired) electrons. The molecule has 1 fully saturated rings. The second-order valence-corrected chi connectivity index (χ2v) is 6.74. The Labute approximate surface area is 114 Å². The van der Waals surface area contributed by atoms with E-state index in [1.807, 2.05) is 30.3 Å². The monoisotopic (exact) mass is 308 g/mol. The molecule has 2 rings (SSSR count). The van der Waals surface area contributed by atoms with Crippen LogP contribution in [0.15, 0.2) is 43.0 Å². The van der Waals surface area contributed by atoms with Crippen LogP contribution in [0.4, 0.5) is 0 Å². The molecule has 1 aromatic rings. The number of benzene rings is 1. The van der Waals surface area contributed by atoms with E-state index in [9.17, 15) is 9.59 Å². The minimum atomic E-state index is -0.139. The van der Waals surface area contributed by atoms with E-state index < -0.39 is 0 Å². The van der Waals surface area contributed by atoms with Crippen LogP contribution >= 0.6 is 0 Å². The van der Waals surface area contributed by atoms with Crippen LogP contribution in [0.5, 0.6) is 0 Å². The van der Waals surface area contributed by atoms with E-state index in [0.29, 0.717) is 6.42 Å². The number of ketones is 1. The van der Waals surface area contributed by atoms with E-state index in [0.717, 1.165) is 17.3 Å². The van der Waals surface area contributed by atoms with Gasteiger partial charge in [-0.25, -0.2) is 0 Å². The third kappa shape index (κ3) is 3.41. The Morgan fingerprint density at radius 2 is 2.00 bits per heavy atom. The molecule has 0 aromatic heterocycles. The third-order valence-electron chi connectivity index (χ3n) is 3.06. The van der Waals surface area contributed by atoms with Gasteiger partial charge in [0.05, 0.1) is 0 Å². The van der Waals surface area contributed by atoms with Gasteiger partial charge in [0.15, 0.2) is 0 Å². The fourth-order valence-corrected chi connectivity index (χ4v) is 3.89. The third-order valence-corrected chi connectivity index (χ3v) is 5.19. The van der Waals surface area contributed by atoms with Gasteiger partial charge in [-0.1, -0.05) is 0 Å². The van der Waals surface area contributed by atoms with Crippen LogP contribution in [0.25, 0.3) is 0 Å². The van der Waals surface area contributed by atoms with Gasteiger partial charge in [0.2, 0.25) is 0 Å². The first-order valence-electron chi connectivity index (χ1n) is 6.12. The molecular formula is C15H16O2Se. The number of Topliss-reactive ketones (excluding diaryl/α,β-unsaturated/α-hetero) is 1. The van der Waals surface area contributed by atoms with Crippen molar-refractivity contribution in [3.63, 3.8) is 0 Å². The fourth-order valence-electron chi connectivity index (χ4n) is 1.92. The molecule has 0 amide bonds. The number of hydrogen-bond donors (Lipinski definition) is 0. The van der Waals surface area contributed by atoms with Crippen LogP contribution in [0, 0.1) is 11.8 Å². The normalized spacial score (nSPS) is 21.3. The molecule has 0 N–H and O–H groups in total. The molecule has 0 unspecified atom stereocenters. The quantitative estimate of drug-likeness (QED) is 0.568. The van der Waals surface area contributed by atoms with Gasteiger partial charge in [-0.05, 0) is 0 Å². The SMILES string of the molecule is C=CCCC(=O)[C@H]1C[C@@H]1C(=O)[Se]c1ccccc1. The van der Waals surface area contributed by atoms with Gasteiger partial charge in [-0.3, -0.25) is 0 Å². The van der Waals surface area contributed by atoms with E-state index in [4.69, 9.17) is 0 Å². The van der Waals surface area contributed by atoms with Gasteiger partial charge in [-0.2, -0.15) is 0 Å². The van der Waals surface area contributed by atoms with Gasteiger partial charge in [0.1, 0.15) is 0 Å². The Hall–Kier alpha value is -1.18. The van der Waals surface area contributed by atoms with Crippen molar-refractivity contribution in [2.24, 2.45) is 11.8 Å². The Balaban J connectivity index is 1.82. The second-order valence-electron chi connectivity index (χ2n) is 4.48. The number of rotatable bonds is 7. The van der Waals surface area contributed by atoms with E-state index in [-0.39, 0.29) is 37.3 Å². The molecule has 1 aliphatic rings. The van der Waals surface area contributed by atoms with E-state index in [2.05, 4.69) is 6.58 Å². The molecule has 18 heavy (non-hydrogen) atoms. The predicted octanol–water partition coefficient (Wildman–Crippen LogP) is 1.71. The van der Waals surface area contributed by atoms with Gasteiger partial charge in [0.25, 0.3) is 0 Å². The average Bonchev–Trinajstić information content (AvgIpc) is 3.17. The summed E-state index contributed by atoms with van der Waals surface area (Å²) in [5.41, 5.74) is 0. The van der Waals surface area contributed by atoms with Crippen molar-refractivity contribution in [2.45, 2.75) is 19.3 Å². The molecule has 3 heteroatoms. The van der Waals surface area contributed by atoms with Crippen LogP contribution in [-0.4, -0.2) is 25.4 Å². The predicted molar refractivity (Wildman–Crippen MR) is 72.9 cm³/mol. The summed E-state index contributed by atoms with van der Waals surface area (Å²) in [6, 6.07) is 9.81. The minimum absolute atomic E-state index is 0.00233.